The molecule has 1 unspecified atom stereocenters. The molecule has 0 aliphatic heterocycles. The van der Waals surface area contributed by atoms with Crippen molar-refractivity contribution >= 4 is 11.8 Å². The van der Waals surface area contributed by atoms with Crippen LogP contribution in [0.4, 0.5) is 0 Å². The summed E-state index contributed by atoms with van der Waals surface area (Å²) in [4.78, 5) is 0. The third-order valence-electron chi connectivity index (χ3n) is 3.11. The molecule has 0 fully saturated rings. The number of rotatable bonds is 6. The molecular weight excluding hydrogens is 230 g/mol. The fraction of sp³-hybridized carbons (Fsp3) is 0.571. The van der Waals surface area contributed by atoms with Gasteiger partial charge in [-0.15, -0.1) is 0 Å². The van der Waals surface area contributed by atoms with Crippen molar-refractivity contribution in [3.05, 3.63) is 35.8 Å². The highest BCUT2D eigenvalue weighted by atomic mass is 32.2. The molecule has 0 radical (unpaired) electrons. The molecule has 0 saturated carbocycles. The van der Waals surface area contributed by atoms with Gasteiger partial charge in [0.15, 0.2) is 0 Å². The summed E-state index contributed by atoms with van der Waals surface area (Å²) < 4.78 is 5.72. The number of thioether (sulfide) groups is 1. The van der Waals surface area contributed by atoms with Gasteiger partial charge in [0.1, 0.15) is 11.5 Å². The van der Waals surface area contributed by atoms with E-state index in [1.807, 2.05) is 0 Å². The molecule has 1 aliphatic rings. The van der Waals surface area contributed by atoms with E-state index in [0.717, 1.165) is 36.3 Å². The van der Waals surface area contributed by atoms with Crippen molar-refractivity contribution in [1.29, 1.82) is 0 Å². The lowest BCUT2D eigenvalue weighted by Gasteiger charge is -2.17. The van der Waals surface area contributed by atoms with E-state index < -0.39 is 0 Å². The lowest BCUT2D eigenvalue weighted by atomic mass is 9.94. The monoisotopic (exact) mass is 251 g/mol. The second-order valence-corrected chi connectivity index (χ2v) is 5.45. The highest BCUT2D eigenvalue weighted by Crippen LogP contribution is 2.17. The van der Waals surface area contributed by atoms with E-state index in [0.29, 0.717) is 0 Å². The minimum atomic E-state index is 0.806. The number of hydrogen-bond acceptors (Lipinski definition) is 3. The summed E-state index contributed by atoms with van der Waals surface area (Å²) in [6, 6.07) is 4.16. The third-order valence-corrected chi connectivity index (χ3v) is 3.69. The minimum Gasteiger partial charge on any atom is -0.464 e. The largest absolute Gasteiger partial charge is 0.464 e. The van der Waals surface area contributed by atoms with Gasteiger partial charge < -0.3 is 9.73 Å². The highest BCUT2D eigenvalue weighted by molar-refractivity contribution is 7.97. The fourth-order valence-electron chi connectivity index (χ4n) is 2.18. The molecule has 1 atom stereocenters. The quantitative estimate of drug-likeness (QED) is 0.782. The average molecular weight is 251 g/mol. The van der Waals surface area contributed by atoms with Crippen molar-refractivity contribution in [2.24, 2.45) is 5.92 Å². The van der Waals surface area contributed by atoms with Crippen LogP contribution in [-0.2, 0) is 12.3 Å². The normalized spacial score (nSPS) is 19.7. The van der Waals surface area contributed by atoms with Gasteiger partial charge in [0.25, 0.3) is 0 Å². The van der Waals surface area contributed by atoms with Gasteiger partial charge in [-0.3, -0.25) is 0 Å². The third kappa shape index (κ3) is 4.25. The summed E-state index contributed by atoms with van der Waals surface area (Å²) >= 11 is 1.79. The topological polar surface area (TPSA) is 25.2 Å². The molecule has 17 heavy (non-hydrogen) atoms. The summed E-state index contributed by atoms with van der Waals surface area (Å²) in [6.07, 6.45) is 10.5. The van der Waals surface area contributed by atoms with Crippen LogP contribution in [0, 0.1) is 5.92 Å². The molecule has 1 N–H and O–H groups in total. The van der Waals surface area contributed by atoms with Crippen molar-refractivity contribution in [2.75, 3.05) is 12.8 Å². The SMILES string of the molecule is CSCc1ccc(CNCC2CC=CCC2)o1. The van der Waals surface area contributed by atoms with Gasteiger partial charge in [-0.1, -0.05) is 12.2 Å². The first kappa shape index (κ1) is 12.8. The van der Waals surface area contributed by atoms with E-state index >= 15 is 0 Å². The van der Waals surface area contributed by atoms with Crippen LogP contribution in [0.5, 0.6) is 0 Å². The Labute approximate surface area is 108 Å². The molecule has 0 saturated heterocycles. The van der Waals surface area contributed by atoms with Crippen LogP contribution in [0.1, 0.15) is 30.8 Å². The van der Waals surface area contributed by atoms with Crippen LogP contribution in [-0.4, -0.2) is 12.8 Å². The van der Waals surface area contributed by atoms with Gasteiger partial charge in [0.2, 0.25) is 0 Å². The van der Waals surface area contributed by atoms with E-state index in [2.05, 4.69) is 35.9 Å². The molecule has 1 aliphatic carbocycles. The molecule has 0 aromatic carbocycles. The van der Waals surface area contributed by atoms with Crippen LogP contribution < -0.4 is 5.32 Å². The Balaban J connectivity index is 1.68. The second kappa shape index (κ2) is 6.92. The number of nitrogens with one attached hydrogen (secondary N) is 1. The molecule has 2 nitrogen and oxygen atoms in total. The maximum Gasteiger partial charge on any atom is 0.117 e. The zero-order chi connectivity index (χ0) is 11.9. The minimum absolute atomic E-state index is 0.806. The molecule has 1 aromatic rings. The number of furan rings is 1. The summed E-state index contributed by atoms with van der Waals surface area (Å²) in [5.41, 5.74) is 0. The Morgan fingerprint density at radius 1 is 1.35 bits per heavy atom. The second-order valence-electron chi connectivity index (χ2n) is 4.58. The fourth-order valence-corrected chi connectivity index (χ4v) is 2.62. The van der Waals surface area contributed by atoms with E-state index in [1.54, 1.807) is 11.8 Å². The molecular formula is C14H21NOS. The number of allylic oxidation sites excluding steroid dienone is 2. The van der Waals surface area contributed by atoms with Crippen LogP contribution in [0.15, 0.2) is 28.7 Å². The first-order chi connectivity index (χ1) is 8.38. The van der Waals surface area contributed by atoms with Crippen LogP contribution in [0.3, 0.4) is 0 Å². The lowest BCUT2D eigenvalue weighted by Crippen LogP contribution is -2.22. The molecule has 94 valence electrons. The molecule has 1 aromatic heterocycles. The maximum atomic E-state index is 5.72. The molecule has 0 spiro atoms. The van der Waals surface area contributed by atoms with Crippen molar-refractivity contribution in [1.82, 2.24) is 5.32 Å². The lowest BCUT2D eigenvalue weighted by molar-refractivity contribution is 0.410. The Morgan fingerprint density at radius 3 is 3.00 bits per heavy atom. The predicted octanol–water partition coefficient (Wildman–Crippen LogP) is 3.59. The maximum absolute atomic E-state index is 5.72. The van der Waals surface area contributed by atoms with Crippen molar-refractivity contribution in [3.63, 3.8) is 0 Å². The summed E-state index contributed by atoms with van der Waals surface area (Å²) in [6.45, 7) is 1.96. The molecule has 0 amide bonds. The Bertz CT molecular complexity index is 359. The van der Waals surface area contributed by atoms with Gasteiger partial charge in [0.05, 0.1) is 12.3 Å². The zero-order valence-corrected chi connectivity index (χ0v) is 11.3. The first-order valence-corrected chi connectivity index (χ1v) is 7.70. The highest BCUT2D eigenvalue weighted by Gasteiger charge is 2.09. The summed E-state index contributed by atoms with van der Waals surface area (Å²) in [5.74, 6) is 3.91. The van der Waals surface area contributed by atoms with E-state index in [4.69, 9.17) is 4.42 Å². The van der Waals surface area contributed by atoms with Crippen molar-refractivity contribution < 1.29 is 4.42 Å². The Kier molecular flexibility index (Phi) is 5.20. The van der Waals surface area contributed by atoms with Gasteiger partial charge in [-0.25, -0.2) is 0 Å². The predicted molar refractivity (Wildman–Crippen MR) is 74.1 cm³/mol. The summed E-state index contributed by atoms with van der Waals surface area (Å²) in [7, 11) is 0. The van der Waals surface area contributed by atoms with E-state index in [9.17, 15) is 0 Å². The van der Waals surface area contributed by atoms with E-state index in [1.165, 1.54) is 19.3 Å². The molecule has 2 rings (SSSR count). The van der Waals surface area contributed by atoms with Gasteiger partial charge >= 0.3 is 0 Å². The molecule has 1 heterocycles. The zero-order valence-electron chi connectivity index (χ0n) is 10.4. The van der Waals surface area contributed by atoms with E-state index in [-0.39, 0.29) is 0 Å². The number of hydrogen-bond donors (Lipinski definition) is 1. The van der Waals surface area contributed by atoms with Gasteiger partial charge in [-0.2, -0.15) is 11.8 Å². The molecule has 0 bridgehead atoms. The molecule has 3 heteroatoms. The Hall–Kier alpha value is -0.670. The Morgan fingerprint density at radius 2 is 2.24 bits per heavy atom. The van der Waals surface area contributed by atoms with Crippen LogP contribution >= 0.6 is 11.8 Å². The van der Waals surface area contributed by atoms with Crippen LogP contribution in [0.25, 0.3) is 0 Å². The average Bonchev–Trinajstić information content (AvgIpc) is 2.79. The first-order valence-electron chi connectivity index (χ1n) is 6.30. The van der Waals surface area contributed by atoms with Crippen molar-refractivity contribution in [2.45, 2.75) is 31.6 Å². The van der Waals surface area contributed by atoms with Crippen molar-refractivity contribution in [3.8, 4) is 0 Å². The van der Waals surface area contributed by atoms with Gasteiger partial charge in [-0.05, 0) is 50.1 Å². The standard InChI is InChI=1S/C14H21NOS/c1-17-11-14-8-7-13(16-14)10-15-9-12-5-3-2-4-6-12/h2-3,7-8,12,15H,4-6,9-11H2,1H3. The summed E-state index contributed by atoms with van der Waals surface area (Å²) in [5, 5.41) is 3.49. The van der Waals surface area contributed by atoms with Gasteiger partial charge in [0, 0.05) is 0 Å². The smallest absolute Gasteiger partial charge is 0.117 e. The van der Waals surface area contributed by atoms with Crippen LogP contribution in [0.2, 0.25) is 0 Å².